The molecule has 0 unspecified atom stereocenters. The zero-order valence-electron chi connectivity index (χ0n) is 11.2. The van der Waals surface area contributed by atoms with E-state index in [9.17, 15) is 13.6 Å². The lowest BCUT2D eigenvalue weighted by Gasteiger charge is -2.18. The predicted octanol–water partition coefficient (Wildman–Crippen LogP) is 3.47. The van der Waals surface area contributed by atoms with Gasteiger partial charge in [-0.05, 0) is 29.8 Å². The Kier molecular flexibility index (Phi) is 4.43. The van der Waals surface area contributed by atoms with Crippen molar-refractivity contribution in [1.82, 2.24) is 4.90 Å². The molecule has 2 aromatic rings. The summed E-state index contributed by atoms with van der Waals surface area (Å²) in [6.45, 7) is 0.253. The normalized spacial score (nSPS) is 10.5. The van der Waals surface area contributed by atoms with Crippen LogP contribution in [-0.2, 0) is 6.54 Å². The van der Waals surface area contributed by atoms with Crippen molar-refractivity contribution >= 4 is 23.2 Å². The zero-order valence-corrected chi connectivity index (χ0v) is 12.0. The molecule has 0 aliphatic heterocycles. The minimum absolute atomic E-state index is 0.253. The van der Waals surface area contributed by atoms with Crippen molar-refractivity contribution in [3.63, 3.8) is 0 Å². The molecule has 2 rings (SSSR count). The van der Waals surface area contributed by atoms with E-state index in [1.165, 1.54) is 11.9 Å². The van der Waals surface area contributed by atoms with E-state index in [4.69, 9.17) is 17.3 Å². The number of hydrogen-bond donors (Lipinski definition) is 1. The molecule has 21 heavy (non-hydrogen) atoms. The van der Waals surface area contributed by atoms with Crippen LogP contribution >= 0.6 is 11.6 Å². The second-order valence-electron chi connectivity index (χ2n) is 4.65. The number of nitrogen functional groups attached to an aromatic ring is 1. The molecule has 2 aromatic carbocycles. The Morgan fingerprint density at radius 1 is 1.19 bits per heavy atom. The fourth-order valence-corrected chi connectivity index (χ4v) is 2.01. The smallest absolute Gasteiger partial charge is 0.256 e. The van der Waals surface area contributed by atoms with E-state index in [0.717, 1.165) is 17.7 Å². The summed E-state index contributed by atoms with van der Waals surface area (Å²) in [5, 5.41) is -0.356. The lowest BCUT2D eigenvalue weighted by Crippen LogP contribution is -2.27. The fraction of sp³-hybridized carbons (Fsp3) is 0.133. The molecule has 0 fully saturated rings. The number of rotatable bonds is 3. The highest BCUT2D eigenvalue weighted by molar-refractivity contribution is 6.30. The van der Waals surface area contributed by atoms with E-state index in [0.29, 0.717) is 5.69 Å². The molecule has 0 aliphatic rings. The Morgan fingerprint density at radius 3 is 2.43 bits per heavy atom. The van der Waals surface area contributed by atoms with Gasteiger partial charge in [-0.2, -0.15) is 0 Å². The Hall–Kier alpha value is -2.14. The van der Waals surface area contributed by atoms with Crippen molar-refractivity contribution in [3.05, 3.63) is 64.2 Å². The average molecular weight is 311 g/mol. The maximum Gasteiger partial charge on any atom is 0.256 e. The molecule has 3 nitrogen and oxygen atoms in total. The molecule has 0 spiro atoms. The first-order chi connectivity index (χ1) is 9.88. The van der Waals surface area contributed by atoms with Crippen LogP contribution in [0.5, 0.6) is 0 Å². The van der Waals surface area contributed by atoms with Crippen LogP contribution in [-0.4, -0.2) is 17.9 Å². The number of benzene rings is 2. The number of nitrogens with two attached hydrogens (primary N) is 1. The van der Waals surface area contributed by atoms with Crippen LogP contribution in [0, 0.1) is 11.6 Å². The summed E-state index contributed by atoms with van der Waals surface area (Å²) >= 11 is 5.46. The largest absolute Gasteiger partial charge is 0.399 e. The summed E-state index contributed by atoms with van der Waals surface area (Å²) in [4.78, 5) is 13.4. The highest BCUT2D eigenvalue weighted by Gasteiger charge is 2.19. The second kappa shape index (κ2) is 6.10. The van der Waals surface area contributed by atoms with Gasteiger partial charge >= 0.3 is 0 Å². The van der Waals surface area contributed by atoms with Gasteiger partial charge in [0, 0.05) is 19.3 Å². The van der Waals surface area contributed by atoms with Crippen LogP contribution in [0.15, 0.2) is 36.4 Å². The lowest BCUT2D eigenvalue weighted by molar-refractivity contribution is 0.0780. The van der Waals surface area contributed by atoms with Gasteiger partial charge in [-0.1, -0.05) is 23.7 Å². The van der Waals surface area contributed by atoms with Crippen LogP contribution < -0.4 is 5.73 Å². The Morgan fingerprint density at radius 2 is 1.81 bits per heavy atom. The van der Waals surface area contributed by atoms with Crippen LogP contribution in [0.25, 0.3) is 0 Å². The van der Waals surface area contributed by atoms with Gasteiger partial charge in [0.2, 0.25) is 0 Å². The minimum Gasteiger partial charge on any atom is -0.399 e. The topological polar surface area (TPSA) is 46.3 Å². The number of carbonyl (C=O) groups excluding carboxylic acids is 1. The Labute approximate surface area is 125 Å². The van der Waals surface area contributed by atoms with E-state index in [-0.39, 0.29) is 17.1 Å². The highest BCUT2D eigenvalue weighted by Crippen LogP contribution is 2.21. The molecule has 2 N–H and O–H groups in total. The van der Waals surface area contributed by atoms with E-state index < -0.39 is 17.5 Å². The summed E-state index contributed by atoms with van der Waals surface area (Å²) in [7, 11) is 1.50. The van der Waals surface area contributed by atoms with Gasteiger partial charge < -0.3 is 10.6 Å². The van der Waals surface area contributed by atoms with Gasteiger partial charge in [0.1, 0.15) is 11.6 Å². The number of anilines is 1. The highest BCUT2D eigenvalue weighted by atomic mass is 35.5. The van der Waals surface area contributed by atoms with Crippen molar-refractivity contribution in [2.45, 2.75) is 6.54 Å². The molecule has 0 bridgehead atoms. The molecule has 0 aliphatic carbocycles. The summed E-state index contributed by atoms with van der Waals surface area (Å²) in [5.74, 6) is -2.31. The van der Waals surface area contributed by atoms with Gasteiger partial charge in [0.05, 0.1) is 10.6 Å². The summed E-state index contributed by atoms with van der Waals surface area (Å²) in [6.07, 6.45) is 0. The monoisotopic (exact) mass is 310 g/mol. The molecule has 0 atom stereocenters. The molecule has 0 saturated carbocycles. The van der Waals surface area contributed by atoms with Crippen molar-refractivity contribution < 1.29 is 13.6 Å². The first-order valence-electron chi connectivity index (χ1n) is 6.13. The first-order valence-corrected chi connectivity index (χ1v) is 6.50. The number of halogens is 3. The molecule has 0 heterocycles. The molecule has 0 aromatic heterocycles. The molecule has 0 radical (unpaired) electrons. The SMILES string of the molecule is CN(Cc1ccc(N)cc1)C(=O)c1cc(F)c(Cl)cc1F. The summed E-state index contributed by atoms with van der Waals surface area (Å²) < 4.78 is 27.1. The zero-order chi connectivity index (χ0) is 15.6. The molecular weight excluding hydrogens is 298 g/mol. The average Bonchev–Trinajstić information content (AvgIpc) is 2.44. The summed E-state index contributed by atoms with van der Waals surface area (Å²) in [5.41, 5.74) is 6.66. The molecule has 110 valence electrons. The van der Waals surface area contributed by atoms with Gasteiger partial charge in [0.15, 0.2) is 0 Å². The second-order valence-corrected chi connectivity index (χ2v) is 5.06. The number of nitrogens with zero attached hydrogens (tertiary/aromatic N) is 1. The predicted molar refractivity (Wildman–Crippen MR) is 78.0 cm³/mol. The maximum atomic E-state index is 13.7. The standard InChI is InChI=1S/C15H13ClF2N2O/c1-20(8-9-2-4-10(19)5-3-9)15(21)11-6-14(18)12(16)7-13(11)17/h2-7H,8,19H2,1H3. The number of hydrogen-bond acceptors (Lipinski definition) is 2. The van der Waals surface area contributed by atoms with Crippen molar-refractivity contribution in [3.8, 4) is 0 Å². The molecule has 6 heteroatoms. The number of amides is 1. The van der Waals surface area contributed by atoms with E-state index >= 15 is 0 Å². The van der Waals surface area contributed by atoms with E-state index in [2.05, 4.69) is 0 Å². The number of carbonyl (C=O) groups is 1. The van der Waals surface area contributed by atoms with Crippen molar-refractivity contribution in [2.24, 2.45) is 0 Å². The van der Waals surface area contributed by atoms with Crippen LogP contribution in [0.3, 0.4) is 0 Å². The van der Waals surface area contributed by atoms with E-state index in [1.807, 2.05) is 0 Å². The van der Waals surface area contributed by atoms with Crippen LogP contribution in [0.2, 0.25) is 5.02 Å². The van der Waals surface area contributed by atoms with Gasteiger partial charge in [-0.3, -0.25) is 4.79 Å². The Balaban J connectivity index is 2.19. The molecule has 0 saturated heterocycles. The van der Waals surface area contributed by atoms with Gasteiger partial charge in [-0.15, -0.1) is 0 Å². The van der Waals surface area contributed by atoms with Crippen molar-refractivity contribution in [1.29, 1.82) is 0 Å². The van der Waals surface area contributed by atoms with Crippen molar-refractivity contribution in [2.75, 3.05) is 12.8 Å². The lowest BCUT2D eigenvalue weighted by atomic mass is 10.1. The van der Waals surface area contributed by atoms with Gasteiger partial charge in [0.25, 0.3) is 5.91 Å². The third-order valence-electron chi connectivity index (χ3n) is 2.99. The van der Waals surface area contributed by atoms with E-state index in [1.54, 1.807) is 24.3 Å². The van der Waals surface area contributed by atoms with Gasteiger partial charge in [-0.25, -0.2) is 8.78 Å². The quantitative estimate of drug-likeness (QED) is 0.697. The van der Waals surface area contributed by atoms with Crippen LogP contribution in [0.1, 0.15) is 15.9 Å². The molecular formula is C15H13ClF2N2O. The fourth-order valence-electron chi connectivity index (χ4n) is 1.86. The Bertz CT molecular complexity index is 674. The third kappa shape index (κ3) is 3.49. The molecule has 1 amide bonds. The first kappa shape index (κ1) is 15.3. The third-order valence-corrected chi connectivity index (χ3v) is 3.28. The maximum absolute atomic E-state index is 13.7. The van der Waals surface area contributed by atoms with Crippen LogP contribution in [0.4, 0.5) is 14.5 Å². The summed E-state index contributed by atoms with van der Waals surface area (Å²) in [6, 6.07) is 8.53. The minimum atomic E-state index is -0.851.